The minimum Gasteiger partial charge on any atom is -0.353 e. The molecule has 0 aliphatic carbocycles. The van der Waals surface area contributed by atoms with E-state index in [2.05, 4.69) is 21.3 Å². The quantitative estimate of drug-likeness (QED) is 0.309. The summed E-state index contributed by atoms with van der Waals surface area (Å²) in [5.41, 5.74) is 0. The second-order valence-corrected chi connectivity index (χ2v) is 8.25. The smallest absolute Gasteiger partial charge is 0.242 e. The molecular formula is C14H22N4O4S2. The van der Waals surface area contributed by atoms with Gasteiger partial charge in [-0.2, -0.15) is 0 Å². The predicted octanol–water partition coefficient (Wildman–Crippen LogP) is -0.843. The number of carbonyl (C=O) groups is 4. The minimum atomic E-state index is -0.388. The van der Waals surface area contributed by atoms with Crippen LogP contribution in [-0.4, -0.2) is 60.3 Å². The lowest BCUT2D eigenvalue weighted by atomic mass is 10.2. The standard InChI is InChI=1S/C14H22N4O4S2/c19-11-3-1-9(17-11)13(21)15-5-7-23-24-8-6-16-14(22)10-2-4-12(20)18-10/h9-10H,1-8H2,(H,15,21)(H,16,22)(H,17,19)(H,18,20)/t9-,10-/m0/s1. The van der Waals surface area contributed by atoms with Gasteiger partial charge in [0.25, 0.3) is 0 Å². The first-order chi connectivity index (χ1) is 11.6. The van der Waals surface area contributed by atoms with Gasteiger partial charge >= 0.3 is 0 Å². The van der Waals surface area contributed by atoms with Gasteiger partial charge in [-0.15, -0.1) is 0 Å². The molecule has 0 radical (unpaired) electrons. The lowest BCUT2D eigenvalue weighted by Crippen LogP contribution is -2.42. The van der Waals surface area contributed by atoms with Crippen molar-refractivity contribution < 1.29 is 19.2 Å². The van der Waals surface area contributed by atoms with Crippen molar-refractivity contribution in [2.75, 3.05) is 24.6 Å². The Morgan fingerprint density at radius 3 is 1.62 bits per heavy atom. The molecule has 0 saturated carbocycles. The van der Waals surface area contributed by atoms with E-state index in [9.17, 15) is 19.2 Å². The van der Waals surface area contributed by atoms with Crippen molar-refractivity contribution in [3.05, 3.63) is 0 Å². The van der Waals surface area contributed by atoms with E-state index in [-0.39, 0.29) is 35.7 Å². The molecule has 134 valence electrons. The second kappa shape index (κ2) is 9.77. The third kappa shape index (κ3) is 6.23. The van der Waals surface area contributed by atoms with Crippen LogP contribution in [0.25, 0.3) is 0 Å². The highest BCUT2D eigenvalue weighted by molar-refractivity contribution is 8.76. The summed E-state index contributed by atoms with van der Waals surface area (Å²) in [5.74, 6) is 1.11. The third-order valence-corrected chi connectivity index (χ3v) is 6.08. The summed E-state index contributed by atoms with van der Waals surface area (Å²) in [6.45, 7) is 1.09. The maximum absolute atomic E-state index is 11.7. The first-order valence-electron chi connectivity index (χ1n) is 7.95. The lowest BCUT2D eigenvalue weighted by Gasteiger charge is -2.11. The fourth-order valence-electron chi connectivity index (χ4n) is 2.42. The van der Waals surface area contributed by atoms with Crippen molar-refractivity contribution in [3.8, 4) is 0 Å². The molecule has 0 aromatic rings. The molecule has 0 spiro atoms. The van der Waals surface area contributed by atoms with Gasteiger partial charge in [0.15, 0.2) is 0 Å². The molecule has 24 heavy (non-hydrogen) atoms. The summed E-state index contributed by atoms with van der Waals surface area (Å²) in [4.78, 5) is 45.5. The summed E-state index contributed by atoms with van der Waals surface area (Å²) in [5, 5.41) is 10.9. The van der Waals surface area contributed by atoms with E-state index in [1.54, 1.807) is 21.6 Å². The Morgan fingerprint density at radius 1 is 0.875 bits per heavy atom. The summed E-state index contributed by atoms with van der Waals surface area (Å²) in [6.07, 6.45) is 1.96. The molecule has 2 atom stereocenters. The number of hydrogen-bond acceptors (Lipinski definition) is 6. The van der Waals surface area contributed by atoms with Crippen LogP contribution in [0.15, 0.2) is 0 Å². The van der Waals surface area contributed by atoms with Crippen molar-refractivity contribution in [1.82, 2.24) is 21.3 Å². The van der Waals surface area contributed by atoms with Crippen LogP contribution < -0.4 is 21.3 Å². The Morgan fingerprint density at radius 2 is 1.29 bits per heavy atom. The van der Waals surface area contributed by atoms with Crippen LogP contribution >= 0.6 is 21.6 Å². The van der Waals surface area contributed by atoms with E-state index in [0.717, 1.165) is 11.5 Å². The highest BCUT2D eigenvalue weighted by atomic mass is 33.1. The zero-order chi connectivity index (χ0) is 17.4. The molecule has 0 aromatic carbocycles. The first kappa shape index (κ1) is 18.9. The van der Waals surface area contributed by atoms with Crippen LogP contribution in [0.2, 0.25) is 0 Å². The number of rotatable bonds is 9. The molecule has 2 saturated heterocycles. The maximum Gasteiger partial charge on any atom is 0.242 e. The monoisotopic (exact) mass is 374 g/mol. The van der Waals surface area contributed by atoms with Gasteiger partial charge in [-0.25, -0.2) is 0 Å². The van der Waals surface area contributed by atoms with Gasteiger partial charge in [-0.05, 0) is 12.8 Å². The van der Waals surface area contributed by atoms with E-state index < -0.39 is 0 Å². The van der Waals surface area contributed by atoms with Gasteiger partial charge in [-0.1, -0.05) is 21.6 Å². The number of carbonyl (C=O) groups excluding carboxylic acids is 4. The third-order valence-electron chi connectivity index (χ3n) is 3.68. The average molecular weight is 374 g/mol. The molecule has 2 rings (SSSR count). The largest absolute Gasteiger partial charge is 0.353 e. The van der Waals surface area contributed by atoms with Gasteiger partial charge in [0.1, 0.15) is 12.1 Å². The normalized spacial score (nSPS) is 22.8. The van der Waals surface area contributed by atoms with Crippen molar-refractivity contribution in [2.24, 2.45) is 0 Å². The van der Waals surface area contributed by atoms with Crippen LogP contribution in [0.3, 0.4) is 0 Å². The van der Waals surface area contributed by atoms with E-state index in [1.165, 1.54) is 0 Å². The van der Waals surface area contributed by atoms with Gasteiger partial charge < -0.3 is 21.3 Å². The summed E-state index contributed by atoms with van der Waals surface area (Å²) in [6, 6.07) is -0.775. The molecule has 0 bridgehead atoms. The molecule has 0 unspecified atom stereocenters. The summed E-state index contributed by atoms with van der Waals surface area (Å²) in [7, 11) is 3.23. The van der Waals surface area contributed by atoms with Crippen LogP contribution in [0, 0.1) is 0 Å². The van der Waals surface area contributed by atoms with E-state index in [1.807, 2.05) is 0 Å². The highest BCUT2D eigenvalue weighted by Gasteiger charge is 2.27. The predicted molar refractivity (Wildman–Crippen MR) is 93.3 cm³/mol. The molecule has 4 amide bonds. The Labute approximate surface area is 148 Å². The van der Waals surface area contributed by atoms with Crippen molar-refractivity contribution in [1.29, 1.82) is 0 Å². The molecule has 0 aromatic heterocycles. The highest BCUT2D eigenvalue weighted by Crippen LogP contribution is 2.19. The Kier molecular flexibility index (Phi) is 7.70. The molecule has 4 N–H and O–H groups in total. The van der Waals surface area contributed by atoms with Crippen molar-refractivity contribution in [2.45, 2.75) is 37.8 Å². The fourth-order valence-corrected chi connectivity index (χ4v) is 4.23. The summed E-state index contributed by atoms with van der Waals surface area (Å²) >= 11 is 0. The van der Waals surface area contributed by atoms with Crippen LogP contribution in [0.1, 0.15) is 25.7 Å². The molecule has 2 aliphatic heterocycles. The minimum absolute atomic E-state index is 0.0701. The summed E-state index contributed by atoms with van der Waals surface area (Å²) < 4.78 is 0. The van der Waals surface area contributed by atoms with E-state index in [4.69, 9.17) is 0 Å². The van der Waals surface area contributed by atoms with Gasteiger partial charge in [0.05, 0.1) is 0 Å². The van der Waals surface area contributed by atoms with Gasteiger partial charge in [-0.3, -0.25) is 19.2 Å². The van der Waals surface area contributed by atoms with E-state index in [0.29, 0.717) is 38.8 Å². The molecule has 10 heteroatoms. The molecular weight excluding hydrogens is 352 g/mol. The number of nitrogens with one attached hydrogen (secondary N) is 4. The van der Waals surface area contributed by atoms with E-state index >= 15 is 0 Å². The number of amides is 4. The van der Waals surface area contributed by atoms with Crippen LogP contribution in [0.5, 0.6) is 0 Å². The van der Waals surface area contributed by atoms with Crippen molar-refractivity contribution in [3.63, 3.8) is 0 Å². The molecule has 2 fully saturated rings. The van der Waals surface area contributed by atoms with Gasteiger partial charge in [0, 0.05) is 37.4 Å². The first-order valence-corrected chi connectivity index (χ1v) is 10.4. The Bertz CT molecular complexity index is 459. The zero-order valence-corrected chi connectivity index (χ0v) is 14.9. The number of hydrogen-bond donors (Lipinski definition) is 4. The zero-order valence-electron chi connectivity index (χ0n) is 13.3. The topological polar surface area (TPSA) is 116 Å². The van der Waals surface area contributed by atoms with Gasteiger partial charge in [0.2, 0.25) is 23.6 Å². The van der Waals surface area contributed by atoms with Crippen LogP contribution in [-0.2, 0) is 19.2 Å². The maximum atomic E-state index is 11.7. The Hall–Kier alpha value is -1.42. The average Bonchev–Trinajstić information content (AvgIpc) is 3.18. The molecule has 2 aliphatic rings. The molecule has 2 heterocycles. The van der Waals surface area contributed by atoms with Crippen LogP contribution in [0.4, 0.5) is 0 Å². The molecule has 8 nitrogen and oxygen atoms in total. The SMILES string of the molecule is O=C1CC[C@@H](C(=O)NCCSSCCNC(=O)[C@@H]2CCC(=O)N2)N1. The second-order valence-electron chi connectivity index (χ2n) is 5.54. The Balaban J connectivity index is 1.41. The van der Waals surface area contributed by atoms with Crippen molar-refractivity contribution >= 4 is 45.2 Å². The fraction of sp³-hybridized carbons (Fsp3) is 0.714. The lowest BCUT2D eigenvalue weighted by molar-refractivity contribution is -0.125.